The van der Waals surface area contributed by atoms with Gasteiger partial charge in [-0.05, 0) is 45.1 Å². The topological polar surface area (TPSA) is 67.6 Å². The highest BCUT2D eigenvalue weighted by Crippen LogP contribution is 2.14. The monoisotopic (exact) mass is 307 g/mol. The van der Waals surface area contributed by atoms with Crippen LogP contribution in [0.3, 0.4) is 0 Å². The van der Waals surface area contributed by atoms with Crippen LogP contribution in [-0.4, -0.2) is 43.6 Å². The number of likely N-dealkylation sites (N-methyl/N-ethyl adjacent to an activating group) is 1. The maximum Gasteiger partial charge on any atom is 0.240 e. The van der Waals surface area contributed by atoms with Gasteiger partial charge < -0.3 is 20.7 Å². The van der Waals surface area contributed by atoms with Crippen molar-refractivity contribution in [3.8, 4) is 5.75 Å². The summed E-state index contributed by atoms with van der Waals surface area (Å²) in [5.41, 5.74) is 6.21. The zero-order valence-electron chi connectivity index (χ0n) is 14.2. The summed E-state index contributed by atoms with van der Waals surface area (Å²) in [7, 11) is 4.02. The lowest BCUT2D eigenvalue weighted by atomic mass is 9.96. The van der Waals surface area contributed by atoms with Gasteiger partial charge in [0.25, 0.3) is 0 Å². The van der Waals surface area contributed by atoms with Crippen LogP contribution < -0.4 is 15.8 Å². The molecule has 0 bridgehead atoms. The van der Waals surface area contributed by atoms with Crippen molar-refractivity contribution in [1.29, 1.82) is 0 Å². The Morgan fingerprint density at radius 3 is 2.77 bits per heavy atom. The molecule has 0 aliphatic carbocycles. The van der Waals surface area contributed by atoms with E-state index < -0.39 is 5.54 Å². The molecular formula is C17H29N3O2. The standard InChI is InChI=1S/C17H29N3O2/c1-5-9-17(2,18)16(21)19-13-14-7-6-8-15(12-14)22-11-10-20(3)4/h6-8,12H,5,9-11,13,18H2,1-4H3,(H,19,21). The van der Waals surface area contributed by atoms with Crippen molar-refractivity contribution in [1.82, 2.24) is 10.2 Å². The van der Waals surface area contributed by atoms with E-state index in [9.17, 15) is 4.79 Å². The number of carbonyl (C=O) groups is 1. The predicted octanol–water partition coefficient (Wildman–Crippen LogP) is 1.76. The molecule has 124 valence electrons. The maximum atomic E-state index is 12.1. The lowest BCUT2D eigenvalue weighted by molar-refractivity contribution is -0.126. The van der Waals surface area contributed by atoms with Crippen molar-refractivity contribution in [3.05, 3.63) is 29.8 Å². The van der Waals surface area contributed by atoms with E-state index in [1.54, 1.807) is 6.92 Å². The highest BCUT2D eigenvalue weighted by atomic mass is 16.5. The van der Waals surface area contributed by atoms with Gasteiger partial charge in [-0.2, -0.15) is 0 Å². The van der Waals surface area contributed by atoms with Crippen molar-refractivity contribution < 1.29 is 9.53 Å². The van der Waals surface area contributed by atoms with E-state index in [-0.39, 0.29) is 5.91 Å². The Morgan fingerprint density at radius 1 is 1.41 bits per heavy atom. The molecule has 1 atom stereocenters. The molecule has 22 heavy (non-hydrogen) atoms. The van der Waals surface area contributed by atoms with Gasteiger partial charge in [0, 0.05) is 13.1 Å². The lowest BCUT2D eigenvalue weighted by Crippen LogP contribution is -2.51. The van der Waals surface area contributed by atoms with Gasteiger partial charge in [0.1, 0.15) is 12.4 Å². The molecule has 0 spiro atoms. The summed E-state index contributed by atoms with van der Waals surface area (Å²) in [6.07, 6.45) is 1.56. The SMILES string of the molecule is CCCC(C)(N)C(=O)NCc1cccc(OCCN(C)C)c1. The normalized spacial score (nSPS) is 13.7. The molecule has 0 saturated carbocycles. The van der Waals surface area contributed by atoms with Gasteiger partial charge in [-0.3, -0.25) is 4.79 Å². The zero-order valence-corrected chi connectivity index (χ0v) is 14.2. The van der Waals surface area contributed by atoms with E-state index in [0.717, 1.165) is 24.3 Å². The fourth-order valence-electron chi connectivity index (χ4n) is 2.11. The summed E-state index contributed by atoms with van der Waals surface area (Å²) in [5.74, 6) is 0.700. The molecule has 0 fully saturated rings. The Bertz CT molecular complexity index is 473. The Hall–Kier alpha value is -1.59. The van der Waals surface area contributed by atoms with E-state index in [1.807, 2.05) is 45.3 Å². The number of hydrogen-bond donors (Lipinski definition) is 2. The highest BCUT2D eigenvalue weighted by Gasteiger charge is 2.26. The minimum Gasteiger partial charge on any atom is -0.492 e. The highest BCUT2D eigenvalue weighted by molar-refractivity contribution is 5.85. The molecule has 3 N–H and O–H groups in total. The zero-order chi connectivity index (χ0) is 16.6. The van der Waals surface area contributed by atoms with Crippen molar-refractivity contribution in [2.45, 2.75) is 38.8 Å². The summed E-state index contributed by atoms with van der Waals surface area (Å²) in [4.78, 5) is 14.2. The average molecular weight is 307 g/mol. The lowest BCUT2D eigenvalue weighted by Gasteiger charge is -2.22. The number of benzene rings is 1. The molecule has 1 rings (SSSR count). The largest absolute Gasteiger partial charge is 0.492 e. The van der Waals surface area contributed by atoms with Crippen LogP contribution in [0.25, 0.3) is 0 Å². The molecule has 5 heteroatoms. The van der Waals surface area contributed by atoms with Crippen LogP contribution in [0.15, 0.2) is 24.3 Å². The molecule has 1 unspecified atom stereocenters. The Balaban J connectivity index is 2.51. The fourth-order valence-corrected chi connectivity index (χ4v) is 2.11. The minimum atomic E-state index is -0.811. The van der Waals surface area contributed by atoms with Crippen LogP contribution in [0.5, 0.6) is 5.75 Å². The first-order chi connectivity index (χ1) is 10.3. The number of hydrogen-bond acceptors (Lipinski definition) is 4. The number of ether oxygens (including phenoxy) is 1. The third-order valence-corrected chi connectivity index (χ3v) is 3.45. The molecule has 0 aromatic heterocycles. The van der Waals surface area contributed by atoms with Gasteiger partial charge >= 0.3 is 0 Å². The van der Waals surface area contributed by atoms with Crippen LogP contribution in [0.4, 0.5) is 0 Å². The molecule has 0 saturated heterocycles. The van der Waals surface area contributed by atoms with Crippen molar-refractivity contribution in [2.75, 3.05) is 27.2 Å². The first-order valence-corrected chi connectivity index (χ1v) is 7.79. The molecule has 1 aromatic carbocycles. The maximum absolute atomic E-state index is 12.1. The number of carbonyl (C=O) groups excluding carboxylic acids is 1. The van der Waals surface area contributed by atoms with Crippen molar-refractivity contribution >= 4 is 5.91 Å². The van der Waals surface area contributed by atoms with E-state index in [1.165, 1.54) is 0 Å². The van der Waals surface area contributed by atoms with E-state index in [0.29, 0.717) is 19.6 Å². The Labute approximate surface area is 133 Å². The van der Waals surface area contributed by atoms with Crippen LogP contribution in [-0.2, 0) is 11.3 Å². The summed E-state index contributed by atoms with van der Waals surface area (Å²) in [5, 5.41) is 2.90. The molecule has 0 radical (unpaired) electrons. The molecule has 1 amide bonds. The van der Waals surface area contributed by atoms with Crippen LogP contribution in [0.1, 0.15) is 32.3 Å². The summed E-state index contributed by atoms with van der Waals surface area (Å²) in [6.45, 7) is 5.75. The molecule has 0 heterocycles. The molecular weight excluding hydrogens is 278 g/mol. The van der Waals surface area contributed by atoms with Gasteiger partial charge in [0.05, 0.1) is 5.54 Å². The average Bonchev–Trinajstić information content (AvgIpc) is 2.44. The first-order valence-electron chi connectivity index (χ1n) is 7.79. The van der Waals surface area contributed by atoms with E-state index in [4.69, 9.17) is 10.5 Å². The molecule has 0 aliphatic rings. The summed E-state index contributed by atoms with van der Waals surface area (Å²) in [6, 6.07) is 7.77. The second-order valence-corrected chi connectivity index (χ2v) is 6.15. The van der Waals surface area contributed by atoms with Crippen LogP contribution in [0, 0.1) is 0 Å². The smallest absolute Gasteiger partial charge is 0.240 e. The van der Waals surface area contributed by atoms with E-state index >= 15 is 0 Å². The Kier molecular flexibility index (Phi) is 7.35. The third kappa shape index (κ3) is 6.45. The fraction of sp³-hybridized carbons (Fsp3) is 0.588. The van der Waals surface area contributed by atoms with Crippen LogP contribution in [0.2, 0.25) is 0 Å². The van der Waals surface area contributed by atoms with Gasteiger partial charge in [-0.1, -0.05) is 25.5 Å². The van der Waals surface area contributed by atoms with Crippen molar-refractivity contribution in [3.63, 3.8) is 0 Å². The number of nitrogens with two attached hydrogens (primary N) is 1. The van der Waals surface area contributed by atoms with Gasteiger partial charge in [0.2, 0.25) is 5.91 Å². The predicted molar refractivity (Wildman–Crippen MR) is 89.8 cm³/mol. The molecule has 0 aliphatic heterocycles. The number of rotatable bonds is 9. The summed E-state index contributed by atoms with van der Waals surface area (Å²) >= 11 is 0. The second kappa shape index (κ2) is 8.76. The van der Waals surface area contributed by atoms with Gasteiger partial charge in [-0.15, -0.1) is 0 Å². The van der Waals surface area contributed by atoms with Gasteiger partial charge in [-0.25, -0.2) is 0 Å². The van der Waals surface area contributed by atoms with Gasteiger partial charge in [0.15, 0.2) is 0 Å². The third-order valence-electron chi connectivity index (χ3n) is 3.45. The van der Waals surface area contributed by atoms with Crippen molar-refractivity contribution in [2.24, 2.45) is 5.73 Å². The number of nitrogens with one attached hydrogen (secondary N) is 1. The minimum absolute atomic E-state index is 0.117. The summed E-state index contributed by atoms with van der Waals surface area (Å²) < 4.78 is 5.69. The Morgan fingerprint density at radius 2 is 2.14 bits per heavy atom. The number of amides is 1. The molecule has 5 nitrogen and oxygen atoms in total. The van der Waals surface area contributed by atoms with E-state index in [2.05, 4.69) is 10.2 Å². The number of nitrogens with zero attached hydrogens (tertiary/aromatic N) is 1. The first kappa shape index (κ1) is 18.5. The second-order valence-electron chi connectivity index (χ2n) is 6.15. The molecule has 1 aromatic rings. The quantitative estimate of drug-likeness (QED) is 0.729. The van der Waals surface area contributed by atoms with Crippen LogP contribution >= 0.6 is 0 Å².